The molecule has 3 N–H and O–H groups in total. The molecule has 0 radical (unpaired) electrons. The molecule has 5 rings (SSSR count). The van der Waals surface area contributed by atoms with Gasteiger partial charge >= 0.3 is 6.09 Å². The molecule has 3 atom stereocenters. The number of fused-ring (bicyclic) bond motifs is 2. The van der Waals surface area contributed by atoms with Gasteiger partial charge in [0.05, 0.1) is 29.9 Å². The van der Waals surface area contributed by atoms with Crippen molar-refractivity contribution in [2.75, 3.05) is 45.2 Å². The van der Waals surface area contributed by atoms with E-state index in [1.54, 1.807) is 25.1 Å². The molecule has 1 aromatic carbocycles. The molecule has 2 aromatic heterocycles. The quantitative estimate of drug-likeness (QED) is 0.210. The van der Waals surface area contributed by atoms with Gasteiger partial charge in [-0.1, -0.05) is 19.9 Å². The lowest BCUT2D eigenvalue weighted by molar-refractivity contribution is -0.117. The van der Waals surface area contributed by atoms with E-state index < -0.39 is 43.2 Å². The highest BCUT2D eigenvalue weighted by Gasteiger charge is 2.43. The van der Waals surface area contributed by atoms with E-state index in [0.717, 1.165) is 30.9 Å². The number of sulfonamides is 1. The van der Waals surface area contributed by atoms with Crippen LogP contribution < -0.4 is 10.6 Å². The molecule has 0 fully saturated rings. The Labute approximate surface area is 309 Å². The minimum Gasteiger partial charge on any atom is -0.453 e. The van der Waals surface area contributed by atoms with Crippen LogP contribution in [-0.2, 0) is 35.8 Å². The normalized spacial score (nSPS) is 19.4. The number of amides is 3. The number of sulfone groups is 1. The number of nitrogens with one attached hydrogen (secondary N) is 3. The Hall–Kier alpha value is -4.06. The summed E-state index contributed by atoms with van der Waals surface area (Å²) in [7, 11) is -6.97. The number of hydrogen-bond donors (Lipinski definition) is 3. The smallest absolute Gasteiger partial charge is 0.409 e. The number of carbonyl (C=O) groups excluding carboxylic acids is 3. The van der Waals surface area contributed by atoms with Gasteiger partial charge in [0.15, 0.2) is 9.84 Å². The Morgan fingerprint density at radius 1 is 1.12 bits per heavy atom. The van der Waals surface area contributed by atoms with Crippen LogP contribution in [0, 0.1) is 13.8 Å². The van der Waals surface area contributed by atoms with E-state index in [4.69, 9.17) is 4.74 Å². The van der Waals surface area contributed by atoms with E-state index in [2.05, 4.69) is 38.8 Å². The molecular formula is C35H46N6O8S3. The van der Waals surface area contributed by atoms with Gasteiger partial charge in [-0.2, -0.15) is 12.8 Å². The molecule has 3 aromatic rings. The molecule has 2 aliphatic heterocycles. The summed E-state index contributed by atoms with van der Waals surface area (Å²) in [6.07, 6.45) is 0.899. The van der Waals surface area contributed by atoms with Gasteiger partial charge in [0, 0.05) is 54.9 Å². The van der Waals surface area contributed by atoms with Gasteiger partial charge in [0.2, 0.25) is 5.91 Å². The van der Waals surface area contributed by atoms with Crippen molar-refractivity contribution in [3.8, 4) is 0 Å². The summed E-state index contributed by atoms with van der Waals surface area (Å²) in [6, 6.07) is 5.59. The number of nitrogens with zero attached hydrogens (tertiary/aromatic N) is 3. The third kappa shape index (κ3) is 7.54. The minimum atomic E-state index is -4.36. The average molecular weight is 775 g/mol. The van der Waals surface area contributed by atoms with Gasteiger partial charge in [-0.25, -0.2) is 13.2 Å². The predicted octanol–water partition coefficient (Wildman–Crippen LogP) is 4.55. The number of aromatic nitrogens is 1. The Morgan fingerprint density at radius 2 is 1.83 bits per heavy atom. The number of ether oxygens (including phenoxy) is 1. The number of H-pyrrole nitrogens is 1. The van der Waals surface area contributed by atoms with Gasteiger partial charge in [0.1, 0.15) is 8.42 Å². The van der Waals surface area contributed by atoms with E-state index in [9.17, 15) is 31.2 Å². The maximum atomic E-state index is 13.5. The molecule has 1 unspecified atom stereocenters. The molecule has 0 aliphatic carbocycles. The van der Waals surface area contributed by atoms with Crippen LogP contribution in [0.15, 0.2) is 37.1 Å². The average Bonchev–Trinajstić information content (AvgIpc) is 3.78. The van der Waals surface area contributed by atoms with Crippen LogP contribution in [-0.4, -0.2) is 101 Å². The summed E-state index contributed by atoms with van der Waals surface area (Å²) in [5.41, 5.74) is 4.65. The highest BCUT2D eigenvalue weighted by Crippen LogP contribution is 2.45. The van der Waals surface area contributed by atoms with Gasteiger partial charge < -0.3 is 30.2 Å². The number of benzene rings is 1. The summed E-state index contributed by atoms with van der Waals surface area (Å²) in [5.74, 6) is -1.02. The number of hydrogen-bond acceptors (Lipinski definition) is 10. The molecule has 4 heterocycles. The van der Waals surface area contributed by atoms with E-state index in [1.165, 1.54) is 31.2 Å². The largest absolute Gasteiger partial charge is 0.453 e. The number of likely N-dealkylation sites (N-methyl/N-ethyl adjacent to an activating group) is 1. The summed E-state index contributed by atoms with van der Waals surface area (Å²) < 4.78 is 62.0. The van der Waals surface area contributed by atoms with E-state index in [-0.39, 0.29) is 45.2 Å². The Kier molecular flexibility index (Phi) is 11.7. The first-order chi connectivity index (χ1) is 24.6. The minimum absolute atomic E-state index is 0.0911. The van der Waals surface area contributed by atoms with E-state index in [1.807, 2.05) is 13.8 Å². The fourth-order valence-corrected chi connectivity index (χ4v) is 11.7. The maximum Gasteiger partial charge on any atom is 0.409 e. The first kappa shape index (κ1) is 39.2. The van der Waals surface area contributed by atoms with Crippen molar-refractivity contribution in [3.05, 3.63) is 63.5 Å². The van der Waals surface area contributed by atoms with Crippen LogP contribution in [0.2, 0.25) is 0 Å². The van der Waals surface area contributed by atoms with Crippen molar-refractivity contribution >= 4 is 61.0 Å². The van der Waals surface area contributed by atoms with Crippen LogP contribution in [0.1, 0.15) is 90.1 Å². The van der Waals surface area contributed by atoms with E-state index >= 15 is 0 Å². The number of aryl methyl sites for hydroxylation is 1. The SMILES string of the molecule is CCN(CC)CCNC(=O)c1c(C)[nH]c(CC2C(=O)Nc3ccc(C=NS(=O)(=O)c4cc5c(s4)S(=O)(=O)[C@@H](C)C[C@@H]5N(CC)C(=O)OC)cc32)c1C. The van der Waals surface area contributed by atoms with Gasteiger partial charge in [-0.05, 0) is 82.1 Å². The van der Waals surface area contributed by atoms with Crippen molar-refractivity contribution in [1.82, 2.24) is 20.1 Å². The molecule has 282 valence electrons. The number of methoxy groups -OCH3 is 1. The molecule has 52 heavy (non-hydrogen) atoms. The molecule has 0 bridgehead atoms. The lowest BCUT2D eigenvalue weighted by Crippen LogP contribution is -2.40. The van der Waals surface area contributed by atoms with Crippen molar-refractivity contribution in [3.63, 3.8) is 0 Å². The third-order valence-corrected chi connectivity index (χ3v) is 15.5. The van der Waals surface area contributed by atoms with Gasteiger partial charge in [-0.15, -0.1) is 11.3 Å². The Balaban J connectivity index is 1.38. The molecule has 14 nitrogen and oxygen atoms in total. The zero-order valence-electron chi connectivity index (χ0n) is 30.4. The summed E-state index contributed by atoms with van der Waals surface area (Å²) in [6.45, 7) is 14.4. The topological polar surface area (TPSA) is 187 Å². The van der Waals surface area contributed by atoms with Crippen LogP contribution in [0.25, 0.3) is 0 Å². The standard InChI is InChI=1S/C35H46N6O8S3/c1-8-40(9-2)14-13-36-33(43)31-21(5)28(38-22(31)6)17-25-24-16-23(11-12-27(24)39-32(25)42)19-37-52(47,48)30-18-26-29(41(10-3)35(44)49-7)15-20(4)51(45,46)34(26)50-30/h11-12,16,18-20,25,29,38H,8-10,13-15,17H2,1-7H3,(H,36,43)(H,39,42)/t20-,25?,29-/m0/s1. The fourth-order valence-electron chi connectivity index (χ4n) is 6.92. The zero-order chi connectivity index (χ0) is 38.1. The Morgan fingerprint density at radius 3 is 2.48 bits per heavy atom. The number of rotatable bonds is 13. The highest BCUT2D eigenvalue weighted by molar-refractivity contribution is 7.96. The van der Waals surface area contributed by atoms with Crippen LogP contribution in [0.4, 0.5) is 10.5 Å². The maximum absolute atomic E-state index is 13.5. The molecular weight excluding hydrogens is 729 g/mol. The molecule has 0 saturated heterocycles. The van der Waals surface area contributed by atoms with Crippen molar-refractivity contribution in [2.24, 2.45) is 4.40 Å². The molecule has 0 spiro atoms. The van der Waals surface area contributed by atoms with Crippen LogP contribution in [0.3, 0.4) is 0 Å². The lowest BCUT2D eigenvalue weighted by Gasteiger charge is -2.34. The lowest BCUT2D eigenvalue weighted by atomic mass is 9.93. The molecule has 2 aliphatic rings. The highest BCUT2D eigenvalue weighted by atomic mass is 32.3. The number of thiophene rings is 1. The fraction of sp³-hybridized carbons (Fsp3) is 0.486. The second-order valence-electron chi connectivity index (χ2n) is 13.0. The van der Waals surface area contributed by atoms with Crippen molar-refractivity contribution < 1.29 is 36.0 Å². The van der Waals surface area contributed by atoms with Gasteiger partial charge in [0.25, 0.3) is 15.9 Å². The van der Waals surface area contributed by atoms with Crippen LogP contribution in [0.5, 0.6) is 0 Å². The molecule has 0 saturated carbocycles. The second kappa shape index (κ2) is 15.5. The summed E-state index contributed by atoms with van der Waals surface area (Å²) in [4.78, 5) is 45.7. The van der Waals surface area contributed by atoms with Crippen molar-refractivity contribution in [1.29, 1.82) is 0 Å². The molecule has 17 heteroatoms. The molecule has 3 amide bonds. The number of aromatic amines is 1. The second-order valence-corrected chi connectivity index (χ2v) is 18.5. The van der Waals surface area contributed by atoms with Crippen molar-refractivity contribution in [2.45, 2.75) is 80.0 Å². The first-order valence-electron chi connectivity index (χ1n) is 17.2. The monoisotopic (exact) mass is 774 g/mol. The number of anilines is 1. The van der Waals surface area contributed by atoms with Gasteiger partial charge in [-0.3, -0.25) is 9.59 Å². The predicted molar refractivity (Wildman–Crippen MR) is 200 cm³/mol. The van der Waals surface area contributed by atoms with E-state index in [0.29, 0.717) is 46.0 Å². The van der Waals surface area contributed by atoms with Crippen LogP contribution >= 0.6 is 11.3 Å². The summed E-state index contributed by atoms with van der Waals surface area (Å²) >= 11 is 0.618. The first-order valence-corrected chi connectivity index (χ1v) is 21.0. The number of carbonyl (C=O) groups is 3. The third-order valence-electron chi connectivity index (χ3n) is 9.94. The summed E-state index contributed by atoms with van der Waals surface area (Å²) in [5, 5.41) is 5.04. The Bertz CT molecular complexity index is 2120. The zero-order valence-corrected chi connectivity index (χ0v) is 32.9.